The maximum Gasteiger partial charge on any atom is 0.0509 e. The van der Waals surface area contributed by atoms with Gasteiger partial charge in [0.1, 0.15) is 0 Å². The summed E-state index contributed by atoms with van der Waals surface area (Å²) in [6.45, 7) is 6.68. The van der Waals surface area contributed by atoms with Crippen LogP contribution in [0.1, 0.15) is 44.2 Å². The van der Waals surface area contributed by atoms with Crippen LogP contribution in [0, 0.1) is 12.3 Å². The SMILES string of the molecule is CNC1C(S(=O)Cc2cccc(C)c2)CCCC1(C)C. The van der Waals surface area contributed by atoms with E-state index in [9.17, 15) is 4.21 Å². The van der Waals surface area contributed by atoms with Gasteiger partial charge in [-0.15, -0.1) is 0 Å². The zero-order valence-corrected chi connectivity index (χ0v) is 13.9. The van der Waals surface area contributed by atoms with Gasteiger partial charge in [0.25, 0.3) is 0 Å². The lowest BCUT2D eigenvalue weighted by Crippen LogP contribution is -2.52. The molecule has 3 unspecified atom stereocenters. The Morgan fingerprint density at radius 1 is 1.40 bits per heavy atom. The van der Waals surface area contributed by atoms with Gasteiger partial charge >= 0.3 is 0 Å². The van der Waals surface area contributed by atoms with E-state index in [1.807, 2.05) is 7.05 Å². The highest BCUT2D eigenvalue weighted by Crippen LogP contribution is 2.38. The molecule has 3 heteroatoms. The van der Waals surface area contributed by atoms with E-state index in [1.54, 1.807) is 0 Å². The van der Waals surface area contributed by atoms with Crippen molar-refractivity contribution in [2.24, 2.45) is 5.41 Å². The van der Waals surface area contributed by atoms with Crippen molar-refractivity contribution in [3.8, 4) is 0 Å². The average Bonchev–Trinajstić information content (AvgIpc) is 2.37. The van der Waals surface area contributed by atoms with Crippen LogP contribution in [-0.2, 0) is 16.6 Å². The van der Waals surface area contributed by atoms with E-state index >= 15 is 0 Å². The molecule has 1 aromatic carbocycles. The molecule has 20 heavy (non-hydrogen) atoms. The van der Waals surface area contributed by atoms with Crippen molar-refractivity contribution in [2.75, 3.05) is 7.05 Å². The third-order valence-corrected chi connectivity index (χ3v) is 6.36. The van der Waals surface area contributed by atoms with Crippen LogP contribution in [0.3, 0.4) is 0 Å². The van der Waals surface area contributed by atoms with Crippen molar-refractivity contribution in [3.05, 3.63) is 35.4 Å². The number of hydrogen-bond acceptors (Lipinski definition) is 2. The van der Waals surface area contributed by atoms with Gasteiger partial charge in [-0.25, -0.2) is 0 Å². The molecule has 112 valence electrons. The number of benzene rings is 1. The van der Waals surface area contributed by atoms with E-state index in [0.717, 1.165) is 6.42 Å². The van der Waals surface area contributed by atoms with Crippen molar-refractivity contribution in [1.29, 1.82) is 0 Å². The fraction of sp³-hybridized carbons (Fsp3) is 0.647. The summed E-state index contributed by atoms with van der Waals surface area (Å²) in [5.74, 6) is 0.681. The molecule has 3 atom stereocenters. The predicted octanol–water partition coefficient (Wildman–Crippen LogP) is 3.41. The molecule has 1 N–H and O–H groups in total. The smallest absolute Gasteiger partial charge is 0.0509 e. The summed E-state index contributed by atoms with van der Waals surface area (Å²) in [6.07, 6.45) is 3.49. The Morgan fingerprint density at radius 2 is 2.15 bits per heavy atom. The third kappa shape index (κ3) is 3.50. The monoisotopic (exact) mass is 293 g/mol. The molecule has 0 bridgehead atoms. The molecule has 0 aliphatic heterocycles. The summed E-state index contributed by atoms with van der Waals surface area (Å²) in [5.41, 5.74) is 2.68. The minimum Gasteiger partial charge on any atom is -0.315 e. The van der Waals surface area contributed by atoms with Gasteiger partial charge in [0.05, 0.1) is 5.25 Å². The topological polar surface area (TPSA) is 29.1 Å². The van der Waals surface area contributed by atoms with Gasteiger partial charge < -0.3 is 5.32 Å². The Bertz CT molecular complexity index is 484. The van der Waals surface area contributed by atoms with Crippen LogP contribution >= 0.6 is 0 Å². The van der Waals surface area contributed by atoms with E-state index < -0.39 is 10.8 Å². The molecule has 0 radical (unpaired) electrons. The molecule has 1 fully saturated rings. The fourth-order valence-corrected chi connectivity index (χ4v) is 5.48. The normalized spacial score (nSPS) is 27.2. The fourth-order valence-electron chi connectivity index (χ4n) is 3.52. The molecule has 0 aromatic heterocycles. The molecule has 1 saturated carbocycles. The van der Waals surface area contributed by atoms with Crippen LogP contribution in [0.25, 0.3) is 0 Å². The van der Waals surface area contributed by atoms with Crippen LogP contribution in [0.15, 0.2) is 24.3 Å². The Hall–Kier alpha value is -0.670. The number of nitrogens with one attached hydrogen (secondary N) is 1. The molecule has 2 rings (SSSR count). The first-order chi connectivity index (χ1) is 9.44. The van der Waals surface area contributed by atoms with Crippen molar-refractivity contribution in [2.45, 2.75) is 57.1 Å². The molecule has 1 aliphatic rings. The third-order valence-electron chi connectivity index (χ3n) is 4.56. The summed E-state index contributed by atoms with van der Waals surface area (Å²) in [7, 11) is 1.20. The molecule has 2 nitrogen and oxygen atoms in total. The Morgan fingerprint density at radius 3 is 2.80 bits per heavy atom. The maximum atomic E-state index is 12.8. The van der Waals surface area contributed by atoms with E-state index in [1.165, 1.54) is 24.0 Å². The molecule has 0 amide bonds. The second-order valence-electron chi connectivity index (χ2n) is 6.70. The standard InChI is InChI=1S/C17H27NOS/c1-13-7-5-8-14(11-13)12-20(19)15-9-6-10-17(2,3)16(15)18-4/h5,7-8,11,15-16,18H,6,9-10,12H2,1-4H3. The minimum absolute atomic E-state index is 0.236. The van der Waals surface area contributed by atoms with Crippen LogP contribution in [-0.4, -0.2) is 22.5 Å². The molecular weight excluding hydrogens is 266 g/mol. The van der Waals surface area contributed by atoms with Gasteiger partial charge in [0.15, 0.2) is 0 Å². The summed E-state index contributed by atoms with van der Waals surface area (Å²) in [4.78, 5) is 0. The molecule has 0 saturated heterocycles. The lowest BCUT2D eigenvalue weighted by atomic mass is 9.73. The Balaban J connectivity index is 2.11. The number of rotatable bonds is 4. The lowest BCUT2D eigenvalue weighted by molar-refractivity contribution is 0.180. The number of aryl methyl sites for hydroxylation is 1. The van der Waals surface area contributed by atoms with Crippen molar-refractivity contribution in [1.82, 2.24) is 5.32 Å². The van der Waals surface area contributed by atoms with Crippen LogP contribution < -0.4 is 5.32 Å². The first kappa shape index (κ1) is 15.7. The largest absolute Gasteiger partial charge is 0.315 e. The molecule has 0 spiro atoms. The Labute approximate surface area is 125 Å². The van der Waals surface area contributed by atoms with Crippen molar-refractivity contribution >= 4 is 10.8 Å². The van der Waals surface area contributed by atoms with E-state index in [-0.39, 0.29) is 10.7 Å². The number of hydrogen-bond donors (Lipinski definition) is 1. The van der Waals surface area contributed by atoms with Crippen LogP contribution in [0.4, 0.5) is 0 Å². The summed E-state index contributed by atoms with van der Waals surface area (Å²) in [6, 6.07) is 8.74. The highest BCUT2D eigenvalue weighted by molar-refractivity contribution is 7.84. The van der Waals surface area contributed by atoms with Gasteiger partial charge in [-0.2, -0.15) is 0 Å². The van der Waals surface area contributed by atoms with Crippen molar-refractivity contribution < 1.29 is 4.21 Å². The molecular formula is C17H27NOS. The van der Waals surface area contributed by atoms with E-state index in [4.69, 9.17) is 0 Å². The second kappa shape index (κ2) is 6.40. The van der Waals surface area contributed by atoms with Crippen LogP contribution in [0.5, 0.6) is 0 Å². The van der Waals surface area contributed by atoms with E-state index in [0.29, 0.717) is 11.8 Å². The van der Waals surface area contributed by atoms with Gasteiger partial charge in [0.2, 0.25) is 0 Å². The lowest BCUT2D eigenvalue weighted by Gasteiger charge is -2.43. The maximum absolute atomic E-state index is 12.8. The molecule has 1 aromatic rings. The zero-order chi connectivity index (χ0) is 14.8. The zero-order valence-electron chi connectivity index (χ0n) is 13.1. The summed E-state index contributed by atoms with van der Waals surface area (Å²) >= 11 is 0. The molecule has 1 aliphatic carbocycles. The van der Waals surface area contributed by atoms with Crippen molar-refractivity contribution in [3.63, 3.8) is 0 Å². The van der Waals surface area contributed by atoms with Gasteiger partial charge in [0, 0.05) is 22.6 Å². The predicted molar refractivity (Wildman–Crippen MR) is 87.3 cm³/mol. The quantitative estimate of drug-likeness (QED) is 0.921. The average molecular weight is 293 g/mol. The minimum atomic E-state index is -0.805. The van der Waals surface area contributed by atoms with Gasteiger partial charge in [-0.05, 0) is 37.8 Å². The highest BCUT2D eigenvalue weighted by atomic mass is 32.2. The Kier molecular flexibility index (Phi) is 5.03. The van der Waals surface area contributed by atoms with Crippen LogP contribution in [0.2, 0.25) is 0 Å². The first-order valence-corrected chi connectivity index (χ1v) is 8.92. The first-order valence-electron chi connectivity index (χ1n) is 7.54. The summed E-state index contributed by atoms with van der Waals surface area (Å²) in [5, 5.41) is 3.70. The van der Waals surface area contributed by atoms with Gasteiger partial charge in [-0.3, -0.25) is 4.21 Å². The van der Waals surface area contributed by atoms with Gasteiger partial charge in [-0.1, -0.05) is 50.1 Å². The highest BCUT2D eigenvalue weighted by Gasteiger charge is 2.40. The second-order valence-corrected chi connectivity index (χ2v) is 8.36. The van der Waals surface area contributed by atoms with E-state index in [2.05, 4.69) is 50.4 Å². The summed E-state index contributed by atoms with van der Waals surface area (Å²) < 4.78 is 12.8. The molecule has 0 heterocycles.